The summed E-state index contributed by atoms with van der Waals surface area (Å²) in [5.74, 6) is 0. The van der Waals surface area contributed by atoms with Crippen molar-refractivity contribution in [1.29, 1.82) is 0 Å². The van der Waals surface area contributed by atoms with Crippen molar-refractivity contribution in [2.45, 2.75) is 76.9 Å². The Morgan fingerprint density at radius 1 is 0.933 bits per heavy atom. The van der Waals surface area contributed by atoms with Crippen molar-refractivity contribution in [2.24, 2.45) is 0 Å². The van der Waals surface area contributed by atoms with E-state index >= 15 is 0 Å². The minimum atomic E-state index is -1.22. The highest BCUT2D eigenvalue weighted by molar-refractivity contribution is 6.73. The van der Waals surface area contributed by atoms with Crippen molar-refractivity contribution in [3.05, 3.63) is 0 Å². The average Bonchev–Trinajstić information content (AvgIpc) is 2.30. The summed E-state index contributed by atoms with van der Waals surface area (Å²) in [6, 6.07) is 4.23. The Labute approximate surface area is 96.7 Å². The highest BCUT2D eigenvalue weighted by Crippen LogP contribution is 2.32. The van der Waals surface area contributed by atoms with Gasteiger partial charge in [-0.05, 0) is 24.6 Å². The van der Waals surface area contributed by atoms with Crippen molar-refractivity contribution < 1.29 is 4.43 Å². The topological polar surface area (TPSA) is 9.23 Å². The monoisotopic (exact) mass is 228 g/mol. The molecule has 1 saturated heterocycles. The van der Waals surface area contributed by atoms with Crippen molar-refractivity contribution in [1.82, 2.24) is 0 Å². The van der Waals surface area contributed by atoms with Crippen LogP contribution in [0.25, 0.3) is 0 Å². The molecule has 0 unspecified atom stereocenters. The Morgan fingerprint density at radius 3 is 2.27 bits per heavy atom. The van der Waals surface area contributed by atoms with E-state index in [4.69, 9.17) is 4.43 Å². The summed E-state index contributed by atoms with van der Waals surface area (Å²) in [5, 5.41) is 0. The maximum absolute atomic E-state index is 6.31. The zero-order chi connectivity index (χ0) is 11.0. The SMILES string of the molecule is CCCCCCO[Si]1(CC)CCCCC1. The summed E-state index contributed by atoms with van der Waals surface area (Å²) in [5.41, 5.74) is 0. The maximum atomic E-state index is 6.31. The number of hydrogen-bond donors (Lipinski definition) is 0. The fourth-order valence-corrected chi connectivity index (χ4v) is 6.43. The van der Waals surface area contributed by atoms with Gasteiger partial charge in [0, 0.05) is 6.61 Å². The third-order valence-electron chi connectivity index (χ3n) is 3.82. The maximum Gasteiger partial charge on any atom is 0.192 e. The lowest BCUT2D eigenvalue weighted by molar-refractivity contribution is 0.280. The molecule has 0 radical (unpaired) electrons. The van der Waals surface area contributed by atoms with E-state index in [-0.39, 0.29) is 0 Å². The van der Waals surface area contributed by atoms with Crippen molar-refractivity contribution in [3.8, 4) is 0 Å². The van der Waals surface area contributed by atoms with E-state index in [9.17, 15) is 0 Å². The molecule has 0 atom stereocenters. The zero-order valence-corrected chi connectivity index (χ0v) is 11.7. The number of unbranched alkanes of at least 4 members (excludes halogenated alkanes) is 3. The third-order valence-corrected chi connectivity index (χ3v) is 8.45. The quantitative estimate of drug-likeness (QED) is 0.452. The van der Waals surface area contributed by atoms with Crippen LogP contribution >= 0.6 is 0 Å². The molecule has 1 heterocycles. The van der Waals surface area contributed by atoms with Gasteiger partial charge in [0.1, 0.15) is 0 Å². The van der Waals surface area contributed by atoms with Crippen LogP contribution in [0.5, 0.6) is 0 Å². The summed E-state index contributed by atoms with van der Waals surface area (Å²) < 4.78 is 6.31. The smallest absolute Gasteiger partial charge is 0.192 e. The molecule has 0 N–H and O–H groups in total. The van der Waals surface area contributed by atoms with Crippen molar-refractivity contribution in [3.63, 3.8) is 0 Å². The highest BCUT2D eigenvalue weighted by Gasteiger charge is 2.34. The van der Waals surface area contributed by atoms with Gasteiger partial charge in [-0.15, -0.1) is 0 Å². The van der Waals surface area contributed by atoms with Crippen molar-refractivity contribution >= 4 is 8.32 Å². The second-order valence-corrected chi connectivity index (χ2v) is 9.37. The van der Waals surface area contributed by atoms with Crippen LogP contribution in [-0.4, -0.2) is 14.9 Å². The summed E-state index contributed by atoms with van der Waals surface area (Å²) in [4.78, 5) is 0. The lowest BCUT2D eigenvalue weighted by Crippen LogP contribution is -2.39. The van der Waals surface area contributed by atoms with E-state index in [2.05, 4.69) is 13.8 Å². The van der Waals surface area contributed by atoms with E-state index in [1.54, 1.807) is 0 Å². The molecule has 0 aromatic heterocycles. The van der Waals surface area contributed by atoms with E-state index in [0.717, 1.165) is 6.61 Å². The summed E-state index contributed by atoms with van der Waals surface area (Å²) in [7, 11) is -1.22. The molecule has 0 amide bonds. The van der Waals surface area contributed by atoms with Crippen LogP contribution in [0.4, 0.5) is 0 Å². The first kappa shape index (κ1) is 13.2. The third kappa shape index (κ3) is 4.69. The van der Waals surface area contributed by atoms with E-state index in [0.29, 0.717) is 0 Å². The van der Waals surface area contributed by atoms with Gasteiger partial charge in [-0.3, -0.25) is 0 Å². The van der Waals surface area contributed by atoms with Crippen LogP contribution in [0.2, 0.25) is 18.1 Å². The number of rotatable bonds is 7. The van der Waals surface area contributed by atoms with Crippen LogP contribution in [0.3, 0.4) is 0 Å². The molecule has 15 heavy (non-hydrogen) atoms. The molecule has 0 aliphatic carbocycles. The molecule has 0 saturated carbocycles. The molecule has 1 aliphatic rings. The van der Waals surface area contributed by atoms with Gasteiger partial charge < -0.3 is 4.43 Å². The van der Waals surface area contributed by atoms with Gasteiger partial charge in [-0.25, -0.2) is 0 Å². The van der Waals surface area contributed by atoms with Crippen molar-refractivity contribution in [2.75, 3.05) is 6.61 Å². The standard InChI is InChI=1S/C13H28OSi/c1-3-5-6-8-11-14-15(4-2)12-9-7-10-13-15/h3-13H2,1-2H3. The summed E-state index contributed by atoms with van der Waals surface area (Å²) in [6.07, 6.45) is 9.70. The minimum Gasteiger partial charge on any atom is -0.417 e. The number of hydrogen-bond acceptors (Lipinski definition) is 1. The zero-order valence-electron chi connectivity index (χ0n) is 10.7. The van der Waals surface area contributed by atoms with Gasteiger partial charge in [0.2, 0.25) is 0 Å². The van der Waals surface area contributed by atoms with Crippen LogP contribution in [-0.2, 0) is 4.43 Å². The van der Waals surface area contributed by atoms with Gasteiger partial charge in [-0.1, -0.05) is 52.4 Å². The minimum absolute atomic E-state index is 1.06. The molecule has 1 nitrogen and oxygen atoms in total. The van der Waals surface area contributed by atoms with Gasteiger partial charge in [0.15, 0.2) is 8.32 Å². The first-order chi connectivity index (χ1) is 7.33. The molecule has 0 aromatic rings. The fraction of sp³-hybridized carbons (Fsp3) is 1.00. The largest absolute Gasteiger partial charge is 0.417 e. The van der Waals surface area contributed by atoms with E-state index in [1.165, 1.54) is 63.1 Å². The molecule has 0 bridgehead atoms. The van der Waals surface area contributed by atoms with Gasteiger partial charge in [0.05, 0.1) is 0 Å². The Bertz CT molecular complexity index is 153. The Kier molecular flexibility index (Phi) is 6.58. The van der Waals surface area contributed by atoms with E-state index in [1.807, 2.05) is 0 Å². The van der Waals surface area contributed by atoms with Crippen LogP contribution < -0.4 is 0 Å². The predicted octanol–water partition coefficient (Wildman–Crippen LogP) is 4.73. The van der Waals surface area contributed by atoms with Gasteiger partial charge in [-0.2, -0.15) is 0 Å². The fourth-order valence-electron chi connectivity index (χ4n) is 2.61. The lowest BCUT2D eigenvalue weighted by atomic mass is 10.2. The molecular weight excluding hydrogens is 200 g/mol. The molecule has 0 spiro atoms. The first-order valence-corrected chi connectivity index (χ1v) is 9.50. The summed E-state index contributed by atoms with van der Waals surface area (Å²) >= 11 is 0. The molecular formula is C13H28OSi. The Balaban J connectivity index is 2.15. The van der Waals surface area contributed by atoms with Crippen LogP contribution in [0.15, 0.2) is 0 Å². The Hall–Kier alpha value is 0.177. The molecule has 1 rings (SSSR count). The first-order valence-electron chi connectivity index (χ1n) is 6.97. The predicted molar refractivity (Wildman–Crippen MR) is 69.8 cm³/mol. The second-order valence-electron chi connectivity index (χ2n) is 5.01. The molecule has 1 aliphatic heterocycles. The summed E-state index contributed by atoms with van der Waals surface area (Å²) in [6.45, 7) is 5.67. The normalized spacial score (nSPS) is 20.4. The van der Waals surface area contributed by atoms with Gasteiger partial charge >= 0.3 is 0 Å². The molecule has 90 valence electrons. The van der Waals surface area contributed by atoms with Crippen LogP contribution in [0.1, 0.15) is 58.8 Å². The average molecular weight is 228 g/mol. The Morgan fingerprint density at radius 2 is 1.67 bits per heavy atom. The van der Waals surface area contributed by atoms with Crippen LogP contribution in [0, 0.1) is 0 Å². The molecule has 2 heteroatoms. The molecule has 1 fully saturated rings. The lowest BCUT2D eigenvalue weighted by Gasteiger charge is -2.34. The highest BCUT2D eigenvalue weighted by atomic mass is 28.4. The molecule has 0 aromatic carbocycles. The second kappa shape index (κ2) is 7.45. The van der Waals surface area contributed by atoms with E-state index < -0.39 is 8.32 Å². The van der Waals surface area contributed by atoms with Gasteiger partial charge in [0.25, 0.3) is 0 Å².